The van der Waals surface area contributed by atoms with Gasteiger partial charge >= 0.3 is 0 Å². The lowest BCUT2D eigenvalue weighted by molar-refractivity contribution is 0.0983. The molecule has 1 heterocycles. The third kappa shape index (κ3) is 4.38. The Morgan fingerprint density at radius 1 is 1.11 bits per heavy atom. The van der Waals surface area contributed by atoms with Gasteiger partial charge in [0, 0.05) is 29.8 Å². The fourth-order valence-electron chi connectivity index (χ4n) is 2.73. The predicted molar refractivity (Wildman–Crippen MR) is 109 cm³/mol. The molecule has 0 spiro atoms. The molecule has 6 heteroatoms. The highest BCUT2D eigenvalue weighted by Crippen LogP contribution is 2.29. The number of nitrogens with zero attached hydrogens (tertiary/aromatic N) is 2. The van der Waals surface area contributed by atoms with Gasteiger partial charge in [0.15, 0.2) is 0 Å². The molecule has 0 unspecified atom stereocenters. The Bertz CT molecular complexity index is 932. The van der Waals surface area contributed by atoms with Crippen LogP contribution in [0.2, 0.25) is 5.02 Å². The number of pyridine rings is 1. The molecular weight excluding hydrogens is 362 g/mol. The zero-order valence-electron chi connectivity index (χ0n) is 15.1. The molecule has 0 bridgehead atoms. The number of amides is 1. The van der Waals surface area contributed by atoms with Crippen LogP contribution >= 0.6 is 11.6 Å². The minimum atomic E-state index is -0.153. The lowest BCUT2D eigenvalue weighted by Gasteiger charge is -2.20. The van der Waals surface area contributed by atoms with Gasteiger partial charge in [-0.3, -0.25) is 9.78 Å². The van der Waals surface area contributed by atoms with E-state index in [-0.39, 0.29) is 5.91 Å². The third-order valence-electron chi connectivity index (χ3n) is 4.05. The van der Waals surface area contributed by atoms with Crippen molar-refractivity contribution in [1.29, 1.82) is 0 Å². The maximum atomic E-state index is 12.9. The van der Waals surface area contributed by atoms with Gasteiger partial charge in [0.05, 0.1) is 12.1 Å². The van der Waals surface area contributed by atoms with E-state index in [0.29, 0.717) is 23.0 Å². The predicted octanol–water partition coefficient (Wildman–Crippen LogP) is 5.15. The second kappa shape index (κ2) is 8.56. The van der Waals surface area contributed by atoms with Crippen molar-refractivity contribution in [2.24, 2.45) is 0 Å². The van der Waals surface area contributed by atoms with E-state index in [4.69, 9.17) is 16.3 Å². The lowest BCUT2D eigenvalue weighted by atomic mass is 10.2. The Labute approximate surface area is 163 Å². The highest BCUT2D eigenvalue weighted by atomic mass is 35.5. The number of anilines is 3. The number of hydrogen-bond donors (Lipinski definition) is 1. The molecule has 1 aromatic heterocycles. The number of nitrogens with one attached hydrogen (secondary N) is 1. The molecular formula is C21H20ClN3O2. The molecule has 0 aliphatic rings. The van der Waals surface area contributed by atoms with Crippen LogP contribution < -0.4 is 15.0 Å². The molecule has 5 nitrogen and oxygen atoms in total. The number of aromatic nitrogens is 1. The number of methoxy groups -OCH3 is 1. The Morgan fingerprint density at radius 2 is 1.85 bits per heavy atom. The molecule has 27 heavy (non-hydrogen) atoms. The molecule has 1 amide bonds. The fraction of sp³-hybridized carbons (Fsp3) is 0.143. The van der Waals surface area contributed by atoms with Crippen molar-refractivity contribution >= 4 is 34.6 Å². The molecule has 0 saturated carbocycles. The summed E-state index contributed by atoms with van der Waals surface area (Å²) >= 11 is 6.17. The van der Waals surface area contributed by atoms with Gasteiger partial charge < -0.3 is 15.0 Å². The van der Waals surface area contributed by atoms with Gasteiger partial charge in [-0.2, -0.15) is 0 Å². The number of para-hydroxylation sites is 1. The van der Waals surface area contributed by atoms with Crippen LogP contribution in [0.15, 0.2) is 66.9 Å². The molecule has 3 aromatic rings. The summed E-state index contributed by atoms with van der Waals surface area (Å²) in [6, 6.07) is 18.5. The van der Waals surface area contributed by atoms with Gasteiger partial charge in [-0.15, -0.1) is 0 Å². The maximum Gasteiger partial charge on any atom is 0.276 e. The van der Waals surface area contributed by atoms with Gasteiger partial charge in [-0.05, 0) is 49.4 Å². The van der Waals surface area contributed by atoms with E-state index in [1.807, 2.05) is 43.3 Å². The second-order valence-electron chi connectivity index (χ2n) is 5.79. The van der Waals surface area contributed by atoms with Crippen molar-refractivity contribution in [1.82, 2.24) is 4.98 Å². The number of hydrogen-bond acceptors (Lipinski definition) is 4. The standard InChI is InChI=1S/C21H20ClN3O2/c1-3-25(17-7-5-4-6-8-17)21(26)19-14-16(11-12-23-19)24-15-9-10-20(27-2)18(22)13-15/h4-14H,3H2,1-2H3,(H,23,24). The largest absolute Gasteiger partial charge is 0.495 e. The first-order valence-electron chi connectivity index (χ1n) is 8.56. The topological polar surface area (TPSA) is 54.5 Å². The van der Waals surface area contributed by atoms with Crippen molar-refractivity contribution in [3.63, 3.8) is 0 Å². The van der Waals surface area contributed by atoms with Crippen LogP contribution in [0.5, 0.6) is 5.75 Å². The average molecular weight is 382 g/mol. The Morgan fingerprint density at radius 3 is 2.52 bits per heavy atom. The molecule has 2 aromatic carbocycles. The van der Waals surface area contributed by atoms with Crippen LogP contribution in [0.1, 0.15) is 17.4 Å². The maximum absolute atomic E-state index is 12.9. The summed E-state index contributed by atoms with van der Waals surface area (Å²) in [7, 11) is 1.57. The summed E-state index contributed by atoms with van der Waals surface area (Å²) in [6.45, 7) is 2.49. The van der Waals surface area contributed by atoms with Crippen molar-refractivity contribution in [3.05, 3.63) is 77.6 Å². The minimum Gasteiger partial charge on any atom is -0.495 e. The zero-order valence-corrected chi connectivity index (χ0v) is 15.9. The first kappa shape index (κ1) is 18.7. The summed E-state index contributed by atoms with van der Waals surface area (Å²) in [6.07, 6.45) is 1.61. The number of carbonyl (C=O) groups excluding carboxylic acids is 1. The van der Waals surface area contributed by atoms with E-state index >= 15 is 0 Å². The number of halogens is 1. The minimum absolute atomic E-state index is 0.153. The van der Waals surface area contributed by atoms with Gasteiger partial charge in [-0.25, -0.2) is 0 Å². The van der Waals surface area contributed by atoms with Crippen LogP contribution in [0.3, 0.4) is 0 Å². The lowest BCUT2D eigenvalue weighted by Crippen LogP contribution is -2.31. The SMILES string of the molecule is CCN(C(=O)c1cc(Nc2ccc(OC)c(Cl)c2)ccn1)c1ccccc1. The molecule has 0 radical (unpaired) electrons. The normalized spacial score (nSPS) is 10.3. The van der Waals surface area contributed by atoms with Crippen LogP contribution in [0.25, 0.3) is 0 Å². The molecule has 3 rings (SSSR count). The fourth-order valence-corrected chi connectivity index (χ4v) is 2.98. The summed E-state index contributed by atoms with van der Waals surface area (Å²) in [4.78, 5) is 18.9. The molecule has 1 N–H and O–H groups in total. The Hall–Kier alpha value is -3.05. The monoisotopic (exact) mass is 381 g/mol. The van der Waals surface area contributed by atoms with Crippen molar-refractivity contribution in [3.8, 4) is 5.75 Å². The number of ether oxygens (including phenoxy) is 1. The molecule has 0 atom stereocenters. The highest BCUT2D eigenvalue weighted by Gasteiger charge is 2.17. The molecule has 138 valence electrons. The first-order valence-corrected chi connectivity index (χ1v) is 8.93. The van der Waals surface area contributed by atoms with Crippen molar-refractivity contribution in [2.75, 3.05) is 23.9 Å². The average Bonchev–Trinajstić information content (AvgIpc) is 2.70. The summed E-state index contributed by atoms with van der Waals surface area (Å²) < 4.78 is 5.16. The van der Waals surface area contributed by atoms with Crippen LogP contribution in [-0.4, -0.2) is 24.5 Å². The van der Waals surface area contributed by atoms with Gasteiger partial charge in [-0.1, -0.05) is 29.8 Å². The number of rotatable bonds is 6. The van der Waals surface area contributed by atoms with Crippen LogP contribution in [-0.2, 0) is 0 Å². The Kier molecular flexibility index (Phi) is 5.94. The molecule has 0 saturated heterocycles. The number of carbonyl (C=O) groups is 1. The van der Waals surface area contributed by atoms with E-state index < -0.39 is 0 Å². The second-order valence-corrected chi connectivity index (χ2v) is 6.20. The van der Waals surface area contributed by atoms with Gasteiger partial charge in [0.1, 0.15) is 11.4 Å². The third-order valence-corrected chi connectivity index (χ3v) is 4.34. The quantitative estimate of drug-likeness (QED) is 0.641. The highest BCUT2D eigenvalue weighted by molar-refractivity contribution is 6.32. The van der Waals surface area contributed by atoms with Gasteiger partial charge in [0.2, 0.25) is 0 Å². The van der Waals surface area contributed by atoms with Crippen LogP contribution in [0.4, 0.5) is 17.1 Å². The van der Waals surface area contributed by atoms with E-state index in [9.17, 15) is 4.79 Å². The van der Waals surface area contributed by atoms with Gasteiger partial charge in [0.25, 0.3) is 5.91 Å². The molecule has 0 aliphatic carbocycles. The van der Waals surface area contributed by atoms with Crippen LogP contribution in [0, 0.1) is 0 Å². The van der Waals surface area contributed by atoms with Crippen molar-refractivity contribution in [2.45, 2.75) is 6.92 Å². The Balaban J connectivity index is 1.82. The summed E-state index contributed by atoms with van der Waals surface area (Å²) in [5, 5.41) is 3.75. The summed E-state index contributed by atoms with van der Waals surface area (Å²) in [5.41, 5.74) is 2.75. The summed E-state index contributed by atoms with van der Waals surface area (Å²) in [5.74, 6) is 0.453. The van der Waals surface area contributed by atoms with Crippen molar-refractivity contribution < 1.29 is 9.53 Å². The molecule has 0 fully saturated rings. The molecule has 0 aliphatic heterocycles. The smallest absolute Gasteiger partial charge is 0.276 e. The zero-order chi connectivity index (χ0) is 19.2. The van der Waals surface area contributed by atoms with E-state index in [2.05, 4.69) is 10.3 Å². The van der Waals surface area contributed by atoms with E-state index in [1.165, 1.54) is 0 Å². The first-order chi connectivity index (χ1) is 13.1. The van der Waals surface area contributed by atoms with E-state index in [0.717, 1.165) is 17.1 Å². The number of benzene rings is 2. The van der Waals surface area contributed by atoms with E-state index in [1.54, 1.807) is 42.5 Å².